The van der Waals surface area contributed by atoms with Gasteiger partial charge in [0.25, 0.3) is 0 Å². The topological polar surface area (TPSA) is 21.3 Å². The number of rotatable bonds is 3. The molecule has 1 fully saturated rings. The van der Waals surface area contributed by atoms with Crippen molar-refractivity contribution in [3.8, 4) is 5.75 Å². The number of nitrogens with one attached hydrogen (secondary N) is 1. The molecule has 1 saturated heterocycles. The first-order chi connectivity index (χ1) is 8.84. The first-order valence-corrected chi connectivity index (χ1v) is 8.05. The summed E-state index contributed by atoms with van der Waals surface area (Å²) in [5.41, 5.74) is 1.38. The van der Waals surface area contributed by atoms with Crippen molar-refractivity contribution in [2.24, 2.45) is 0 Å². The Labute approximate surface area is 113 Å². The summed E-state index contributed by atoms with van der Waals surface area (Å²) in [4.78, 5) is 0. The van der Waals surface area contributed by atoms with Crippen LogP contribution >= 0.6 is 11.8 Å². The third kappa shape index (κ3) is 2.52. The fourth-order valence-corrected chi connectivity index (χ4v) is 4.05. The zero-order valence-corrected chi connectivity index (χ0v) is 11.7. The molecule has 2 aliphatic heterocycles. The van der Waals surface area contributed by atoms with Crippen LogP contribution in [0.15, 0.2) is 24.3 Å². The normalized spacial score (nSPS) is 28.5. The van der Waals surface area contributed by atoms with Gasteiger partial charge in [0.2, 0.25) is 0 Å². The average Bonchev–Trinajstić information content (AvgIpc) is 2.84. The molecule has 18 heavy (non-hydrogen) atoms. The Morgan fingerprint density at radius 1 is 1.39 bits per heavy atom. The van der Waals surface area contributed by atoms with Crippen molar-refractivity contribution in [3.05, 3.63) is 29.8 Å². The van der Waals surface area contributed by atoms with Gasteiger partial charge < -0.3 is 10.1 Å². The summed E-state index contributed by atoms with van der Waals surface area (Å²) in [6.45, 7) is 3.13. The van der Waals surface area contributed by atoms with Crippen molar-refractivity contribution in [3.63, 3.8) is 0 Å². The molecule has 0 amide bonds. The van der Waals surface area contributed by atoms with Gasteiger partial charge in [-0.2, -0.15) is 11.8 Å². The highest BCUT2D eigenvalue weighted by Gasteiger charge is 2.30. The number of fused-ring (bicyclic) bond motifs is 1. The first-order valence-electron chi connectivity index (χ1n) is 6.90. The number of hydrogen-bond donors (Lipinski definition) is 1. The van der Waals surface area contributed by atoms with E-state index >= 15 is 0 Å². The van der Waals surface area contributed by atoms with Crippen LogP contribution in [0.5, 0.6) is 5.75 Å². The number of para-hydroxylation sites is 1. The minimum Gasteiger partial charge on any atom is -0.493 e. The maximum atomic E-state index is 5.78. The second kappa shape index (κ2) is 5.54. The number of ether oxygens (including phenoxy) is 1. The van der Waals surface area contributed by atoms with Gasteiger partial charge in [0.1, 0.15) is 5.75 Å². The molecule has 0 unspecified atom stereocenters. The molecule has 0 aromatic heterocycles. The lowest BCUT2D eigenvalue weighted by molar-refractivity contribution is 0.294. The summed E-state index contributed by atoms with van der Waals surface area (Å²) in [5.74, 6) is 4.18. The molecule has 0 aliphatic carbocycles. The Hall–Kier alpha value is -0.670. The van der Waals surface area contributed by atoms with Gasteiger partial charge >= 0.3 is 0 Å². The first kappa shape index (κ1) is 12.4. The zero-order chi connectivity index (χ0) is 12.4. The van der Waals surface area contributed by atoms with Crippen molar-refractivity contribution < 1.29 is 4.74 Å². The van der Waals surface area contributed by atoms with E-state index in [1.54, 1.807) is 0 Å². The van der Waals surface area contributed by atoms with Crippen LogP contribution in [0.2, 0.25) is 0 Å². The van der Waals surface area contributed by atoms with E-state index in [9.17, 15) is 0 Å². The molecule has 2 aliphatic rings. The number of thioether (sulfide) groups is 1. The van der Waals surface area contributed by atoms with Crippen molar-refractivity contribution >= 4 is 11.8 Å². The predicted molar refractivity (Wildman–Crippen MR) is 77.6 cm³/mol. The van der Waals surface area contributed by atoms with E-state index in [1.165, 1.54) is 29.9 Å². The molecule has 1 aromatic rings. The Balaban J connectivity index is 1.64. The number of benzene rings is 1. The maximum Gasteiger partial charge on any atom is 0.122 e. The second-order valence-electron chi connectivity index (χ2n) is 5.32. The van der Waals surface area contributed by atoms with Gasteiger partial charge in [0.15, 0.2) is 0 Å². The van der Waals surface area contributed by atoms with Gasteiger partial charge in [-0.3, -0.25) is 0 Å². The minimum absolute atomic E-state index is 0.498. The van der Waals surface area contributed by atoms with Crippen LogP contribution < -0.4 is 10.1 Å². The Morgan fingerprint density at radius 2 is 2.28 bits per heavy atom. The average molecular weight is 263 g/mol. The van der Waals surface area contributed by atoms with Crippen molar-refractivity contribution in [1.82, 2.24) is 5.32 Å². The summed E-state index contributed by atoms with van der Waals surface area (Å²) in [7, 11) is 0. The molecule has 0 radical (unpaired) electrons. The third-order valence-electron chi connectivity index (χ3n) is 4.00. The van der Waals surface area contributed by atoms with E-state index in [1.807, 2.05) is 0 Å². The Morgan fingerprint density at radius 3 is 3.11 bits per heavy atom. The molecule has 98 valence electrons. The molecular weight excluding hydrogens is 242 g/mol. The summed E-state index contributed by atoms with van der Waals surface area (Å²) >= 11 is 2.08. The van der Waals surface area contributed by atoms with Crippen molar-refractivity contribution in [1.29, 1.82) is 0 Å². The van der Waals surface area contributed by atoms with E-state index in [-0.39, 0.29) is 0 Å². The van der Waals surface area contributed by atoms with E-state index in [0.29, 0.717) is 18.0 Å². The molecule has 1 N–H and O–H groups in total. The van der Waals surface area contributed by atoms with Crippen LogP contribution in [0.25, 0.3) is 0 Å². The predicted octanol–water partition coefficient (Wildman–Crippen LogP) is 3.04. The number of hydrogen-bond acceptors (Lipinski definition) is 3. The van der Waals surface area contributed by atoms with Crippen LogP contribution in [0.3, 0.4) is 0 Å². The molecule has 0 saturated carbocycles. The van der Waals surface area contributed by atoms with E-state index < -0.39 is 0 Å². The van der Waals surface area contributed by atoms with Crippen LogP contribution in [-0.2, 0) is 0 Å². The van der Waals surface area contributed by atoms with Crippen LogP contribution in [0.4, 0.5) is 0 Å². The molecule has 3 atom stereocenters. The monoisotopic (exact) mass is 263 g/mol. The smallest absolute Gasteiger partial charge is 0.122 e. The lowest BCUT2D eigenvalue weighted by Crippen LogP contribution is -2.43. The van der Waals surface area contributed by atoms with Gasteiger partial charge in [-0.15, -0.1) is 0 Å². The lowest BCUT2D eigenvalue weighted by atomic mass is 9.93. The molecule has 3 rings (SSSR count). The van der Waals surface area contributed by atoms with Gasteiger partial charge in [-0.25, -0.2) is 0 Å². The zero-order valence-electron chi connectivity index (χ0n) is 10.9. The molecule has 2 nitrogen and oxygen atoms in total. The van der Waals surface area contributed by atoms with Gasteiger partial charge in [-0.05, 0) is 31.6 Å². The molecule has 0 bridgehead atoms. The molecule has 3 heteroatoms. The van der Waals surface area contributed by atoms with Crippen LogP contribution in [0.1, 0.15) is 31.2 Å². The highest BCUT2D eigenvalue weighted by Crippen LogP contribution is 2.35. The summed E-state index contributed by atoms with van der Waals surface area (Å²) in [6, 6.07) is 9.64. The van der Waals surface area contributed by atoms with Gasteiger partial charge in [0.05, 0.1) is 6.61 Å². The van der Waals surface area contributed by atoms with Crippen LogP contribution in [-0.4, -0.2) is 30.2 Å². The lowest BCUT2D eigenvalue weighted by Gasteiger charge is -2.29. The Bertz CT molecular complexity index is 403. The van der Waals surface area contributed by atoms with Crippen LogP contribution in [0, 0.1) is 0 Å². The molecule has 2 heterocycles. The third-order valence-corrected chi connectivity index (χ3v) is 5.21. The van der Waals surface area contributed by atoms with Crippen molar-refractivity contribution in [2.45, 2.75) is 37.8 Å². The fraction of sp³-hybridized carbons (Fsp3) is 0.600. The highest BCUT2D eigenvalue weighted by molar-refractivity contribution is 7.99. The van der Waals surface area contributed by atoms with E-state index in [2.05, 4.69) is 48.3 Å². The largest absolute Gasteiger partial charge is 0.493 e. The molecular formula is C15H21NOS. The quantitative estimate of drug-likeness (QED) is 0.905. The summed E-state index contributed by atoms with van der Waals surface area (Å²) < 4.78 is 5.78. The fourth-order valence-electron chi connectivity index (χ4n) is 2.96. The maximum absolute atomic E-state index is 5.78. The summed E-state index contributed by atoms with van der Waals surface area (Å²) in [6.07, 6.45) is 2.68. The van der Waals surface area contributed by atoms with E-state index in [4.69, 9.17) is 4.74 Å². The Kier molecular flexibility index (Phi) is 3.80. The second-order valence-corrected chi connectivity index (χ2v) is 6.47. The summed E-state index contributed by atoms with van der Waals surface area (Å²) in [5, 5.41) is 3.80. The molecule has 0 spiro atoms. The van der Waals surface area contributed by atoms with E-state index in [0.717, 1.165) is 12.4 Å². The SMILES string of the molecule is C[C@H](N[C@@H]1CCCSC1)[C@@H]1COc2ccccc21. The molecule has 1 aromatic carbocycles. The van der Waals surface area contributed by atoms with Gasteiger partial charge in [-0.1, -0.05) is 18.2 Å². The highest BCUT2D eigenvalue weighted by atomic mass is 32.2. The standard InChI is InChI=1S/C15H21NOS/c1-11(16-12-5-4-8-18-10-12)14-9-17-15-7-3-2-6-13(14)15/h2-3,6-7,11-12,14,16H,4-5,8-10H2,1H3/t11-,12+,14-/m0/s1. The van der Waals surface area contributed by atoms with Crippen molar-refractivity contribution in [2.75, 3.05) is 18.1 Å². The minimum atomic E-state index is 0.498. The van der Waals surface area contributed by atoms with Gasteiger partial charge in [0, 0.05) is 29.3 Å².